The molecule has 0 saturated carbocycles. The molecule has 1 aromatic carbocycles. The molecular formula is C18H21NO4S2. The number of ether oxygens (including phenoxy) is 1. The van der Waals surface area contributed by atoms with E-state index in [1.807, 2.05) is 19.9 Å². The van der Waals surface area contributed by atoms with E-state index in [1.54, 1.807) is 17.5 Å². The number of hydrogen-bond acceptors (Lipinski definition) is 5. The van der Waals surface area contributed by atoms with Crippen LogP contribution >= 0.6 is 11.3 Å². The molecule has 1 aromatic heterocycles. The van der Waals surface area contributed by atoms with E-state index in [9.17, 15) is 13.2 Å². The van der Waals surface area contributed by atoms with Gasteiger partial charge < -0.3 is 4.74 Å². The highest BCUT2D eigenvalue weighted by atomic mass is 32.2. The fraction of sp³-hybridized carbons (Fsp3) is 0.389. The number of esters is 1. The summed E-state index contributed by atoms with van der Waals surface area (Å²) in [7, 11) is -3.66. The van der Waals surface area contributed by atoms with E-state index in [1.165, 1.54) is 10.4 Å². The van der Waals surface area contributed by atoms with Crippen molar-refractivity contribution < 1.29 is 17.9 Å². The van der Waals surface area contributed by atoms with Gasteiger partial charge in [-0.2, -0.15) is 4.31 Å². The summed E-state index contributed by atoms with van der Waals surface area (Å²) in [6.45, 7) is 4.84. The number of hydrogen-bond donors (Lipinski definition) is 0. The molecule has 2 heterocycles. The highest BCUT2D eigenvalue weighted by Gasteiger charge is 2.31. The molecule has 1 aliphatic heterocycles. The molecule has 25 heavy (non-hydrogen) atoms. The maximum Gasteiger partial charge on any atom is 0.355 e. The molecule has 7 heteroatoms. The van der Waals surface area contributed by atoms with Crippen molar-refractivity contribution in [2.45, 2.75) is 38.0 Å². The first-order valence-corrected chi connectivity index (χ1v) is 10.6. The molecule has 3 rings (SSSR count). The Morgan fingerprint density at radius 2 is 1.72 bits per heavy atom. The molecule has 0 radical (unpaired) electrons. The number of benzene rings is 1. The van der Waals surface area contributed by atoms with Crippen molar-refractivity contribution in [3.63, 3.8) is 0 Å². The minimum Gasteiger partial charge on any atom is -0.422 e. The van der Waals surface area contributed by atoms with Crippen LogP contribution in [0.25, 0.3) is 0 Å². The average molecular weight is 380 g/mol. The zero-order chi connectivity index (χ0) is 18.0. The molecule has 0 spiro atoms. The van der Waals surface area contributed by atoms with Gasteiger partial charge in [-0.05, 0) is 61.4 Å². The molecule has 1 saturated heterocycles. The second-order valence-corrected chi connectivity index (χ2v) is 9.11. The van der Waals surface area contributed by atoms with E-state index >= 15 is 0 Å². The third-order valence-corrected chi connectivity index (χ3v) is 7.12. The number of piperidine rings is 1. The predicted molar refractivity (Wildman–Crippen MR) is 97.8 cm³/mol. The Kier molecular flexibility index (Phi) is 5.27. The van der Waals surface area contributed by atoms with Crippen LogP contribution in [-0.4, -0.2) is 31.8 Å². The van der Waals surface area contributed by atoms with Crippen molar-refractivity contribution in [2.75, 3.05) is 13.1 Å². The lowest BCUT2D eigenvalue weighted by Crippen LogP contribution is -2.36. The van der Waals surface area contributed by atoms with Gasteiger partial charge in [-0.1, -0.05) is 12.5 Å². The van der Waals surface area contributed by atoms with Gasteiger partial charge in [0.05, 0.1) is 0 Å². The molecule has 0 aliphatic carbocycles. The summed E-state index contributed by atoms with van der Waals surface area (Å²) in [5, 5.41) is 1.62. The molecule has 5 nitrogen and oxygen atoms in total. The van der Waals surface area contributed by atoms with Crippen LogP contribution in [-0.2, 0) is 10.0 Å². The van der Waals surface area contributed by atoms with Crippen LogP contribution in [0.2, 0.25) is 0 Å². The highest BCUT2D eigenvalue weighted by Crippen LogP contribution is 2.28. The van der Waals surface area contributed by atoms with Crippen molar-refractivity contribution in [3.05, 3.63) is 45.6 Å². The van der Waals surface area contributed by atoms with Crippen LogP contribution in [0, 0.1) is 13.8 Å². The average Bonchev–Trinajstić information content (AvgIpc) is 3.05. The molecule has 2 aromatic rings. The standard InChI is InChI=1S/C18H21NO4S2/c1-13-10-14(2)12-15(11-13)23-18(20)17-16(6-9-24-17)25(21,22)19-7-4-3-5-8-19/h6,9-12H,3-5,7-8H2,1-2H3. The quantitative estimate of drug-likeness (QED) is 0.599. The first-order valence-electron chi connectivity index (χ1n) is 8.26. The smallest absolute Gasteiger partial charge is 0.355 e. The van der Waals surface area contributed by atoms with E-state index < -0.39 is 16.0 Å². The van der Waals surface area contributed by atoms with Gasteiger partial charge in [0, 0.05) is 13.1 Å². The van der Waals surface area contributed by atoms with Crippen LogP contribution in [0.5, 0.6) is 5.75 Å². The van der Waals surface area contributed by atoms with Crippen molar-refractivity contribution in [1.82, 2.24) is 4.31 Å². The number of rotatable bonds is 4. The van der Waals surface area contributed by atoms with Gasteiger partial charge in [-0.15, -0.1) is 11.3 Å². The molecule has 0 bridgehead atoms. The van der Waals surface area contributed by atoms with E-state index in [2.05, 4.69) is 0 Å². The summed E-state index contributed by atoms with van der Waals surface area (Å²) >= 11 is 1.10. The lowest BCUT2D eigenvalue weighted by Gasteiger charge is -2.25. The fourth-order valence-corrected chi connectivity index (χ4v) is 5.82. The normalized spacial score (nSPS) is 15.9. The third kappa shape index (κ3) is 3.94. The minimum atomic E-state index is -3.66. The molecule has 0 atom stereocenters. The first-order chi connectivity index (χ1) is 11.9. The maximum atomic E-state index is 12.9. The Bertz CT molecular complexity index is 860. The molecular weight excluding hydrogens is 358 g/mol. The largest absolute Gasteiger partial charge is 0.422 e. The lowest BCUT2D eigenvalue weighted by molar-refractivity contribution is 0.0736. The van der Waals surface area contributed by atoms with Crippen molar-refractivity contribution in [1.29, 1.82) is 0 Å². The summed E-state index contributed by atoms with van der Waals surface area (Å²) in [4.78, 5) is 12.7. The van der Waals surface area contributed by atoms with Crippen molar-refractivity contribution in [2.24, 2.45) is 0 Å². The number of thiophene rings is 1. The Labute approximate surface area is 152 Å². The van der Waals surface area contributed by atoms with Crippen LogP contribution in [0.15, 0.2) is 34.5 Å². The summed E-state index contributed by atoms with van der Waals surface area (Å²) < 4.78 is 32.6. The van der Waals surface area contributed by atoms with Gasteiger partial charge in [0.25, 0.3) is 0 Å². The number of aryl methyl sites for hydroxylation is 2. The molecule has 134 valence electrons. The Balaban J connectivity index is 1.86. The Morgan fingerprint density at radius 1 is 1.08 bits per heavy atom. The van der Waals surface area contributed by atoms with Gasteiger partial charge in [0.15, 0.2) is 0 Å². The maximum absolute atomic E-state index is 12.9. The van der Waals surface area contributed by atoms with Crippen LogP contribution < -0.4 is 4.74 Å². The van der Waals surface area contributed by atoms with Gasteiger partial charge in [0.1, 0.15) is 15.5 Å². The molecule has 1 fully saturated rings. The molecule has 1 aliphatic rings. The van der Waals surface area contributed by atoms with Crippen molar-refractivity contribution in [3.8, 4) is 5.75 Å². The monoisotopic (exact) mass is 379 g/mol. The SMILES string of the molecule is Cc1cc(C)cc(OC(=O)c2sccc2S(=O)(=O)N2CCCCC2)c1. The number of carbonyl (C=O) groups is 1. The number of carbonyl (C=O) groups excluding carboxylic acids is 1. The van der Waals surface area contributed by atoms with E-state index in [0.717, 1.165) is 41.7 Å². The zero-order valence-electron chi connectivity index (χ0n) is 14.3. The first kappa shape index (κ1) is 18.1. The summed E-state index contributed by atoms with van der Waals surface area (Å²) in [6.07, 6.45) is 2.74. The highest BCUT2D eigenvalue weighted by molar-refractivity contribution is 7.89. The minimum absolute atomic E-state index is 0.0498. The summed E-state index contributed by atoms with van der Waals surface area (Å²) in [5.41, 5.74) is 1.96. The van der Waals surface area contributed by atoms with Crippen molar-refractivity contribution >= 4 is 27.3 Å². The van der Waals surface area contributed by atoms with E-state index in [0.29, 0.717) is 18.8 Å². The summed E-state index contributed by atoms with van der Waals surface area (Å²) in [6, 6.07) is 7.00. The van der Waals surface area contributed by atoms with Crippen LogP contribution in [0.1, 0.15) is 40.1 Å². The number of nitrogens with zero attached hydrogens (tertiary/aromatic N) is 1. The predicted octanol–water partition coefficient (Wildman–Crippen LogP) is 3.76. The summed E-state index contributed by atoms with van der Waals surface area (Å²) in [5.74, 6) is -0.201. The van der Waals surface area contributed by atoms with Crippen LogP contribution in [0.3, 0.4) is 0 Å². The molecule has 0 N–H and O–H groups in total. The molecule has 0 amide bonds. The van der Waals surface area contributed by atoms with E-state index in [4.69, 9.17) is 4.74 Å². The second-order valence-electron chi connectivity index (χ2n) is 6.29. The van der Waals surface area contributed by atoms with Gasteiger partial charge in [-0.3, -0.25) is 0 Å². The van der Waals surface area contributed by atoms with E-state index in [-0.39, 0.29) is 9.77 Å². The lowest BCUT2D eigenvalue weighted by atomic mass is 10.1. The Morgan fingerprint density at radius 3 is 2.36 bits per heavy atom. The Hall–Kier alpha value is -1.70. The van der Waals surface area contributed by atoms with Gasteiger partial charge in [-0.25, -0.2) is 13.2 Å². The van der Waals surface area contributed by atoms with Gasteiger partial charge >= 0.3 is 5.97 Å². The van der Waals surface area contributed by atoms with Gasteiger partial charge in [0.2, 0.25) is 10.0 Å². The van der Waals surface area contributed by atoms with Crippen LogP contribution in [0.4, 0.5) is 0 Å². The fourth-order valence-electron chi connectivity index (χ4n) is 3.04. The third-order valence-electron chi connectivity index (χ3n) is 4.15. The topological polar surface area (TPSA) is 63.7 Å². The number of sulfonamides is 1. The zero-order valence-corrected chi connectivity index (χ0v) is 16.0. The second kappa shape index (κ2) is 7.27. The molecule has 0 unspecified atom stereocenters.